The highest BCUT2D eigenvalue weighted by Gasteiger charge is 2.33. The molecule has 0 bridgehead atoms. The summed E-state index contributed by atoms with van der Waals surface area (Å²) in [4.78, 5) is 17.3. The maximum atomic E-state index is 12.6. The van der Waals surface area contributed by atoms with E-state index in [2.05, 4.69) is 10.3 Å². The van der Waals surface area contributed by atoms with Crippen molar-refractivity contribution >= 4 is 17.2 Å². The summed E-state index contributed by atoms with van der Waals surface area (Å²) >= 11 is 1.58. The summed E-state index contributed by atoms with van der Waals surface area (Å²) in [5, 5.41) is 6.14. The highest BCUT2D eigenvalue weighted by Crippen LogP contribution is 2.41. The summed E-state index contributed by atoms with van der Waals surface area (Å²) in [6.45, 7) is 0. The largest absolute Gasteiger partial charge is 0.497 e. The summed E-state index contributed by atoms with van der Waals surface area (Å²) in [6.07, 6.45) is 2.63. The lowest BCUT2D eigenvalue weighted by Gasteiger charge is -2.19. The Morgan fingerprint density at radius 1 is 1.19 bits per heavy atom. The van der Waals surface area contributed by atoms with Gasteiger partial charge in [0.15, 0.2) is 0 Å². The summed E-state index contributed by atoms with van der Waals surface area (Å²) in [5.74, 6) is 1.38. The van der Waals surface area contributed by atoms with Crippen molar-refractivity contribution in [1.29, 1.82) is 0 Å². The van der Waals surface area contributed by atoms with Crippen molar-refractivity contribution in [2.75, 3.05) is 7.11 Å². The second-order valence-electron chi connectivity index (χ2n) is 6.84. The molecule has 2 aromatic carbocycles. The van der Waals surface area contributed by atoms with E-state index >= 15 is 0 Å². The Labute approximate surface area is 163 Å². The molecule has 1 aliphatic rings. The second kappa shape index (κ2) is 7.92. The van der Waals surface area contributed by atoms with E-state index in [1.54, 1.807) is 18.4 Å². The van der Waals surface area contributed by atoms with Crippen LogP contribution in [0.1, 0.15) is 30.1 Å². The Morgan fingerprint density at radius 2 is 1.93 bits per heavy atom. The molecule has 1 atom stereocenters. The highest BCUT2D eigenvalue weighted by molar-refractivity contribution is 7.13. The van der Waals surface area contributed by atoms with Gasteiger partial charge in [0, 0.05) is 10.9 Å². The first-order valence-corrected chi connectivity index (χ1v) is 10.0. The Morgan fingerprint density at radius 3 is 2.59 bits per heavy atom. The quantitative estimate of drug-likeness (QED) is 0.652. The second-order valence-corrected chi connectivity index (χ2v) is 7.70. The zero-order chi connectivity index (χ0) is 18.6. The third-order valence-electron chi connectivity index (χ3n) is 4.80. The van der Waals surface area contributed by atoms with E-state index < -0.39 is 0 Å². The van der Waals surface area contributed by atoms with Gasteiger partial charge in [-0.3, -0.25) is 4.79 Å². The third-order valence-corrected chi connectivity index (χ3v) is 5.74. The topological polar surface area (TPSA) is 51.2 Å². The number of hydrogen-bond acceptors (Lipinski definition) is 4. The zero-order valence-electron chi connectivity index (χ0n) is 15.2. The molecule has 4 rings (SSSR count). The van der Waals surface area contributed by atoms with Crippen LogP contribution >= 0.6 is 11.3 Å². The molecule has 1 aromatic heterocycles. The number of benzene rings is 2. The van der Waals surface area contributed by atoms with Gasteiger partial charge in [0.05, 0.1) is 25.3 Å². The monoisotopic (exact) mass is 378 g/mol. The van der Waals surface area contributed by atoms with Gasteiger partial charge in [0.2, 0.25) is 5.91 Å². The molecule has 1 saturated carbocycles. The van der Waals surface area contributed by atoms with Gasteiger partial charge >= 0.3 is 0 Å². The standard InChI is InChI=1S/C22H22N2O2S/c1-26-19-11-9-16(10-12-19)21(15-7-8-15)24-20(25)13-18-14-27-22(23-18)17-5-3-2-4-6-17/h2-6,9-12,14-15,21H,7-8,13H2,1H3,(H,24,25)/t21-/m0/s1. The van der Waals surface area contributed by atoms with Crippen LogP contribution in [-0.2, 0) is 11.2 Å². The van der Waals surface area contributed by atoms with Crippen LogP contribution < -0.4 is 10.1 Å². The molecule has 1 N–H and O–H groups in total. The molecule has 4 nitrogen and oxygen atoms in total. The minimum Gasteiger partial charge on any atom is -0.497 e. The van der Waals surface area contributed by atoms with Gasteiger partial charge in [-0.25, -0.2) is 4.98 Å². The SMILES string of the molecule is COc1ccc([C@@H](NC(=O)Cc2csc(-c3ccccc3)n2)C2CC2)cc1. The number of aromatic nitrogens is 1. The predicted molar refractivity (Wildman–Crippen MR) is 108 cm³/mol. The first-order valence-electron chi connectivity index (χ1n) is 9.16. The minimum absolute atomic E-state index is 0.0210. The smallest absolute Gasteiger partial charge is 0.226 e. The van der Waals surface area contributed by atoms with Gasteiger partial charge in [-0.1, -0.05) is 42.5 Å². The lowest BCUT2D eigenvalue weighted by Crippen LogP contribution is -2.31. The number of carbonyl (C=O) groups is 1. The Bertz CT molecular complexity index is 902. The normalized spacial score (nSPS) is 14.6. The molecule has 3 aromatic rings. The van der Waals surface area contributed by atoms with Crippen LogP contribution in [0.4, 0.5) is 0 Å². The van der Waals surface area contributed by atoms with E-state index in [-0.39, 0.29) is 11.9 Å². The molecule has 0 unspecified atom stereocenters. The number of thiazole rings is 1. The van der Waals surface area contributed by atoms with E-state index in [0.29, 0.717) is 12.3 Å². The van der Waals surface area contributed by atoms with Crippen molar-refractivity contribution in [2.24, 2.45) is 5.92 Å². The first-order chi connectivity index (χ1) is 13.2. The fraction of sp³-hybridized carbons (Fsp3) is 0.273. The highest BCUT2D eigenvalue weighted by atomic mass is 32.1. The van der Waals surface area contributed by atoms with Crippen molar-refractivity contribution in [3.8, 4) is 16.3 Å². The number of nitrogens with zero attached hydrogens (tertiary/aromatic N) is 1. The maximum absolute atomic E-state index is 12.6. The molecule has 138 valence electrons. The van der Waals surface area contributed by atoms with E-state index in [1.165, 1.54) is 0 Å². The van der Waals surface area contributed by atoms with Crippen LogP contribution in [0.3, 0.4) is 0 Å². The van der Waals surface area contributed by atoms with Crippen LogP contribution in [0.25, 0.3) is 10.6 Å². The number of ether oxygens (including phenoxy) is 1. The first kappa shape index (κ1) is 17.7. The van der Waals surface area contributed by atoms with E-state index in [1.807, 2.05) is 60.0 Å². The van der Waals surface area contributed by atoms with Gasteiger partial charge in [-0.2, -0.15) is 0 Å². The van der Waals surface area contributed by atoms with Crippen LogP contribution in [0.5, 0.6) is 5.75 Å². The molecule has 0 radical (unpaired) electrons. The molecule has 0 saturated heterocycles. The number of rotatable bonds is 7. The molecule has 5 heteroatoms. The fourth-order valence-corrected chi connectivity index (χ4v) is 4.03. The fourth-order valence-electron chi connectivity index (χ4n) is 3.20. The van der Waals surface area contributed by atoms with Crippen LogP contribution in [0.15, 0.2) is 60.0 Å². The minimum atomic E-state index is 0.0210. The number of nitrogens with one attached hydrogen (secondary N) is 1. The van der Waals surface area contributed by atoms with Crippen LogP contribution in [0.2, 0.25) is 0 Å². The van der Waals surface area contributed by atoms with Gasteiger partial charge in [0.1, 0.15) is 10.8 Å². The molecule has 1 amide bonds. The van der Waals surface area contributed by atoms with Gasteiger partial charge in [-0.05, 0) is 36.5 Å². The van der Waals surface area contributed by atoms with Crippen LogP contribution in [-0.4, -0.2) is 18.0 Å². The number of methoxy groups -OCH3 is 1. The Kier molecular flexibility index (Phi) is 5.21. The number of carbonyl (C=O) groups excluding carboxylic acids is 1. The van der Waals surface area contributed by atoms with Crippen molar-refractivity contribution in [1.82, 2.24) is 10.3 Å². The third kappa shape index (κ3) is 4.37. The predicted octanol–water partition coefficient (Wildman–Crippen LogP) is 4.63. The molecule has 0 aliphatic heterocycles. The molecule has 27 heavy (non-hydrogen) atoms. The molecule has 1 aliphatic carbocycles. The van der Waals surface area contributed by atoms with Crippen LogP contribution in [0, 0.1) is 5.92 Å². The van der Waals surface area contributed by atoms with Crippen molar-refractivity contribution in [3.63, 3.8) is 0 Å². The van der Waals surface area contributed by atoms with Gasteiger partial charge < -0.3 is 10.1 Å². The zero-order valence-corrected chi connectivity index (χ0v) is 16.0. The Hall–Kier alpha value is -2.66. The van der Waals surface area contributed by atoms with Crippen molar-refractivity contribution < 1.29 is 9.53 Å². The Balaban J connectivity index is 1.42. The van der Waals surface area contributed by atoms with Crippen molar-refractivity contribution in [2.45, 2.75) is 25.3 Å². The summed E-state index contributed by atoms with van der Waals surface area (Å²) in [5.41, 5.74) is 3.04. The number of amides is 1. The lowest BCUT2D eigenvalue weighted by atomic mass is 10.0. The van der Waals surface area contributed by atoms with Gasteiger partial charge in [0.25, 0.3) is 0 Å². The maximum Gasteiger partial charge on any atom is 0.226 e. The molecule has 1 heterocycles. The molecular formula is C22H22N2O2S. The van der Waals surface area contributed by atoms with E-state index in [9.17, 15) is 4.79 Å². The summed E-state index contributed by atoms with van der Waals surface area (Å²) in [6, 6.07) is 18.1. The van der Waals surface area contributed by atoms with Gasteiger partial charge in [-0.15, -0.1) is 11.3 Å². The van der Waals surface area contributed by atoms with Crippen molar-refractivity contribution in [3.05, 3.63) is 71.2 Å². The summed E-state index contributed by atoms with van der Waals surface area (Å²) < 4.78 is 5.23. The molecule has 1 fully saturated rings. The summed E-state index contributed by atoms with van der Waals surface area (Å²) in [7, 11) is 1.66. The molecule has 0 spiro atoms. The van der Waals surface area contributed by atoms with E-state index in [4.69, 9.17) is 4.74 Å². The average Bonchev–Trinajstić information content (AvgIpc) is 3.45. The molecular weight excluding hydrogens is 356 g/mol. The lowest BCUT2D eigenvalue weighted by molar-refractivity contribution is -0.121. The van der Waals surface area contributed by atoms with E-state index in [0.717, 1.165) is 40.4 Å². The number of hydrogen-bond donors (Lipinski definition) is 1. The average molecular weight is 378 g/mol.